The molecule has 0 atom stereocenters. The molecule has 0 fully saturated rings. The molecule has 6 nitrogen and oxygen atoms in total. The fourth-order valence-corrected chi connectivity index (χ4v) is 2.14. The van der Waals surface area contributed by atoms with Gasteiger partial charge in [0.2, 0.25) is 0 Å². The lowest BCUT2D eigenvalue weighted by Gasteiger charge is -2.19. The highest BCUT2D eigenvalue weighted by Crippen LogP contribution is 2.28. The van der Waals surface area contributed by atoms with Gasteiger partial charge in [0.15, 0.2) is 17.4 Å². The highest BCUT2D eigenvalue weighted by atomic mass is 16.6. The van der Waals surface area contributed by atoms with Crippen LogP contribution in [-0.4, -0.2) is 35.9 Å². The monoisotopic (exact) mass is 352 g/mol. The average Bonchev–Trinajstić information content (AvgIpc) is 2.51. The maximum atomic E-state index is 12.3. The summed E-state index contributed by atoms with van der Waals surface area (Å²) in [4.78, 5) is 24.6. The summed E-state index contributed by atoms with van der Waals surface area (Å²) in [5.74, 6) is -1.96. The standard InChI is InChI=1S/C19H28O6/c1-6-9-23-17-11-14(7-8-16(17)20)10-15(18(21)24-12(2)3)19(22)25-13(4)5/h7-8,11-13,15,20H,6,9-10H2,1-5H3. The number of phenols is 1. The van der Waals surface area contributed by atoms with E-state index in [1.165, 1.54) is 6.07 Å². The van der Waals surface area contributed by atoms with Gasteiger partial charge in [-0.3, -0.25) is 9.59 Å². The lowest BCUT2D eigenvalue weighted by Crippen LogP contribution is -2.32. The SMILES string of the molecule is CCCOc1cc(CC(C(=O)OC(C)C)C(=O)OC(C)C)ccc1O. The van der Waals surface area contributed by atoms with Crippen LogP contribution in [-0.2, 0) is 25.5 Å². The van der Waals surface area contributed by atoms with Crippen LogP contribution in [0.5, 0.6) is 11.5 Å². The number of hydrogen-bond donors (Lipinski definition) is 1. The number of ether oxygens (including phenoxy) is 3. The molecule has 0 aromatic heterocycles. The van der Waals surface area contributed by atoms with E-state index in [-0.39, 0.29) is 24.4 Å². The number of carbonyl (C=O) groups excluding carboxylic acids is 2. The first kappa shape index (κ1) is 20.8. The van der Waals surface area contributed by atoms with Crippen LogP contribution in [0.4, 0.5) is 0 Å². The summed E-state index contributed by atoms with van der Waals surface area (Å²) >= 11 is 0. The van der Waals surface area contributed by atoms with Crippen molar-refractivity contribution in [1.29, 1.82) is 0 Å². The number of hydrogen-bond acceptors (Lipinski definition) is 6. The van der Waals surface area contributed by atoms with Crippen LogP contribution in [0, 0.1) is 5.92 Å². The molecular formula is C19H28O6. The van der Waals surface area contributed by atoms with Crippen molar-refractivity contribution < 1.29 is 28.9 Å². The summed E-state index contributed by atoms with van der Waals surface area (Å²) in [7, 11) is 0. The summed E-state index contributed by atoms with van der Waals surface area (Å²) in [6.07, 6.45) is 0.253. The Bertz CT molecular complexity index is 557. The second-order valence-corrected chi connectivity index (χ2v) is 6.38. The van der Waals surface area contributed by atoms with Crippen LogP contribution in [0.2, 0.25) is 0 Å². The number of carbonyl (C=O) groups is 2. The van der Waals surface area contributed by atoms with E-state index in [4.69, 9.17) is 14.2 Å². The smallest absolute Gasteiger partial charge is 0.320 e. The van der Waals surface area contributed by atoms with Gasteiger partial charge in [0.05, 0.1) is 18.8 Å². The molecule has 0 heterocycles. The van der Waals surface area contributed by atoms with Crippen molar-refractivity contribution in [1.82, 2.24) is 0 Å². The highest BCUT2D eigenvalue weighted by Gasteiger charge is 2.31. The molecule has 1 aromatic carbocycles. The van der Waals surface area contributed by atoms with Gasteiger partial charge >= 0.3 is 11.9 Å². The Labute approximate surface area is 149 Å². The van der Waals surface area contributed by atoms with Crippen molar-refractivity contribution in [3.05, 3.63) is 23.8 Å². The molecule has 1 rings (SSSR count). The second-order valence-electron chi connectivity index (χ2n) is 6.38. The number of phenolic OH excluding ortho intramolecular Hbond substituents is 1. The summed E-state index contributed by atoms with van der Waals surface area (Å²) in [6.45, 7) is 9.31. The topological polar surface area (TPSA) is 82.1 Å². The van der Waals surface area contributed by atoms with Crippen molar-refractivity contribution in [2.75, 3.05) is 6.61 Å². The van der Waals surface area contributed by atoms with E-state index >= 15 is 0 Å². The predicted molar refractivity (Wildman–Crippen MR) is 93.5 cm³/mol. The molecule has 6 heteroatoms. The third-order valence-electron chi connectivity index (χ3n) is 3.20. The highest BCUT2D eigenvalue weighted by molar-refractivity contribution is 5.95. The van der Waals surface area contributed by atoms with Gasteiger partial charge in [0.25, 0.3) is 0 Å². The molecule has 140 valence electrons. The molecule has 0 aliphatic heterocycles. The fourth-order valence-electron chi connectivity index (χ4n) is 2.14. The first-order valence-corrected chi connectivity index (χ1v) is 8.60. The summed E-state index contributed by atoms with van der Waals surface area (Å²) < 4.78 is 15.8. The van der Waals surface area contributed by atoms with Crippen molar-refractivity contribution >= 4 is 11.9 Å². The quantitative estimate of drug-likeness (QED) is 0.543. The molecule has 1 aromatic rings. The molecule has 0 unspecified atom stereocenters. The van der Waals surface area contributed by atoms with Crippen LogP contribution < -0.4 is 4.74 Å². The van der Waals surface area contributed by atoms with E-state index in [2.05, 4.69) is 0 Å². The first-order chi connectivity index (χ1) is 11.7. The summed E-state index contributed by atoms with van der Waals surface area (Å²) in [5, 5.41) is 9.84. The third kappa shape index (κ3) is 7.03. The number of aromatic hydroxyl groups is 1. The van der Waals surface area contributed by atoms with Gasteiger partial charge < -0.3 is 19.3 Å². The molecular weight excluding hydrogens is 324 g/mol. The van der Waals surface area contributed by atoms with Crippen LogP contribution in [0.1, 0.15) is 46.6 Å². The number of benzene rings is 1. The zero-order chi connectivity index (χ0) is 19.0. The van der Waals surface area contributed by atoms with E-state index in [1.807, 2.05) is 6.92 Å². The van der Waals surface area contributed by atoms with Crippen LogP contribution in [0.3, 0.4) is 0 Å². The molecule has 0 bridgehead atoms. The minimum atomic E-state index is -1.06. The lowest BCUT2D eigenvalue weighted by atomic mass is 9.99. The van der Waals surface area contributed by atoms with Gasteiger partial charge in [-0.05, 0) is 58.2 Å². The van der Waals surface area contributed by atoms with Gasteiger partial charge in [0.1, 0.15) is 0 Å². The molecule has 0 saturated carbocycles. The van der Waals surface area contributed by atoms with Crippen molar-refractivity contribution in [3.63, 3.8) is 0 Å². The maximum Gasteiger partial charge on any atom is 0.320 e. The molecule has 0 saturated heterocycles. The van der Waals surface area contributed by atoms with Crippen molar-refractivity contribution in [2.24, 2.45) is 5.92 Å². The van der Waals surface area contributed by atoms with Gasteiger partial charge in [0, 0.05) is 0 Å². The summed E-state index contributed by atoms with van der Waals surface area (Å²) in [5.41, 5.74) is 0.676. The zero-order valence-corrected chi connectivity index (χ0v) is 15.6. The van der Waals surface area contributed by atoms with E-state index in [9.17, 15) is 14.7 Å². The van der Waals surface area contributed by atoms with Gasteiger partial charge in [-0.2, -0.15) is 0 Å². The Morgan fingerprint density at radius 1 is 1.04 bits per heavy atom. The molecule has 1 N–H and O–H groups in total. The molecule has 0 amide bonds. The largest absolute Gasteiger partial charge is 0.504 e. The molecule has 25 heavy (non-hydrogen) atoms. The number of rotatable bonds is 9. The Morgan fingerprint density at radius 2 is 1.60 bits per heavy atom. The van der Waals surface area contributed by atoms with E-state index in [0.29, 0.717) is 17.9 Å². The van der Waals surface area contributed by atoms with Crippen LogP contribution in [0.25, 0.3) is 0 Å². The van der Waals surface area contributed by atoms with Crippen LogP contribution in [0.15, 0.2) is 18.2 Å². The lowest BCUT2D eigenvalue weighted by molar-refractivity contribution is -0.166. The van der Waals surface area contributed by atoms with Gasteiger partial charge in [-0.25, -0.2) is 0 Å². The van der Waals surface area contributed by atoms with E-state index in [1.54, 1.807) is 39.8 Å². The third-order valence-corrected chi connectivity index (χ3v) is 3.20. The van der Waals surface area contributed by atoms with Crippen molar-refractivity contribution in [3.8, 4) is 11.5 Å². The Hall–Kier alpha value is -2.24. The molecule has 0 spiro atoms. The van der Waals surface area contributed by atoms with E-state index < -0.39 is 17.9 Å². The Balaban J connectivity index is 2.99. The van der Waals surface area contributed by atoms with E-state index in [0.717, 1.165) is 6.42 Å². The first-order valence-electron chi connectivity index (χ1n) is 8.60. The normalized spacial score (nSPS) is 11.0. The Morgan fingerprint density at radius 3 is 2.08 bits per heavy atom. The van der Waals surface area contributed by atoms with Crippen LogP contribution >= 0.6 is 0 Å². The molecule has 0 aliphatic carbocycles. The average molecular weight is 352 g/mol. The maximum absolute atomic E-state index is 12.3. The second kappa shape index (κ2) is 9.91. The summed E-state index contributed by atoms with van der Waals surface area (Å²) in [6, 6.07) is 4.76. The molecule has 0 aliphatic rings. The predicted octanol–water partition coefficient (Wildman–Crippen LogP) is 3.24. The fraction of sp³-hybridized carbons (Fsp3) is 0.579. The minimum absolute atomic E-state index is 0.0169. The number of esters is 2. The van der Waals surface area contributed by atoms with Gasteiger partial charge in [-0.15, -0.1) is 0 Å². The molecule has 0 radical (unpaired) electrons. The van der Waals surface area contributed by atoms with Crippen molar-refractivity contribution in [2.45, 2.75) is 59.7 Å². The minimum Gasteiger partial charge on any atom is -0.504 e. The van der Waals surface area contributed by atoms with Gasteiger partial charge in [-0.1, -0.05) is 13.0 Å². The Kier molecular flexibility index (Phi) is 8.25. The zero-order valence-electron chi connectivity index (χ0n) is 15.6.